The van der Waals surface area contributed by atoms with Crippen LogP contribution >= 0.6 is 0 Å². The van der Waals surface area contributed by atoms with Crippen LogP contribution in [0.1, 0.15) is 17.3 Å². The molecule has 0 amide bonds. The van der Waals surface area contributed by atoms with Crippen molar-refractivity contribution in [3.63, 3.8) is 0 Å². The molecule has 0 spiro atoms. The third-order valence-corrected chi connectivity index (χ3v) is 3.95. The SMILES string of the molecule is NC1=N[C@H](c2ccccc2C(F)(F)F)[n+]2c([nH]c3ccccc32)N1. The average molecular weight is 332 g/mol. The minimum atomic E-state index is -4.47. The second-order valence-electron chi connectivity index (χ2n) is 5.46. The van der Waals surface area contributed by atoms with E-state index in [1.54, 1.807) is 10.6 Å². The summed E-state index contributed by atoms with van der Waals surface area (Å²) >= 11 is 0. The van der Waals surface area contributed by atoms with Gasteiger partial charge in [0.05, 0.1) is 5.56 Å². The van der Waals surface area contributed by atoms with Gasteiger partial charge in [-0.2, -0.15) is 18.2 Å². The Morgan fingerprint density at radius 1 is 1.04 bits per heavy atom. The molecule has 0 fully saturated rings. The minimum Gasteiger partial charge on any atom is -0.357 e. The summed E-state index contributed by atoms with van der Waals surface area (Å²) in [4.78, 5) is 7.33. The number of hydrogen-bond acceptors (Lipinski definition) is 3. The number of H-pyrrole nitrogens is 1. The van der Waals surface area contributed by atoms with Crippen molar-refractivity contribution in [2.75, 3.05) is 5.32 Å². The number of nitrogens with one attached hydrogen (secondary N) is 2. The Hall–Kier alpha value is -3.03. The van der Waals surface area contributed by atoms with Gasteiger partial charge in [-0.25, -0.2) is 14.9 Å². The fourth-order valence-electron chi connectivity index (χ4n) is 2.98. The average Bonchev–Trinajstić information content (AvgIpc) is 2.91. The first kappa shape index (κ1) is 14.6. The first-order chi connectivity index (χ1) is 11.4. The summed E-state index contributed by atoms with van der Waals surface area (Å²) in [7, 11) is 0. The zero-order valence-corrected chi connectivity index (χ0v) is 12.3. The number of rotatable bonds is 1. The third kappa shape index (κ3) is 2.18. The van der Waals surface area contributed by atoms with E-state index in [2.05, 4.69) is 15.3 Å². The summed E-state index contributed by atoms with van der Waals surface area (Å²) in [6.07, 6.45) is -5.38. The molecule has 1 aliphatic rings. The molecule has 1 aliphatic heterocycles. The number of anilines is 1. The number of nitrogens with zero attached hydrogens (tertiary/aromatic N) is 2. The normalized spacial score (nSPS) is 17.3. The number of fused-ring (bicyclic) bond motifs is 3. The molecule has 0 radical (unpaired) electrons. The molecule has 3 aromatic rings. The van der Waals surface area contributed by atoms with Crippen molar-refractivity contribution in [1.29, 1.82) is 0 Å². The lowest BCUT2D eigenvalue weighted by Gasteiger charge is -2.21. The largest absolute Gasteiger partial charge is 0.416 e. The number of aromatic nitrogens is 2. The molecule has 2 heterocycles. The van der Waals surface area contributed by atoms with Crippen molar-refractivity contribution in [2.45, 2.75) is 12.3 Å². The molecular weight excluding hydrogens is 319 g/mol. The Morgan fingerprint density at radius 2 is 1.75 bits per heavy atom. The van der Waals surface area contributed by atoms with E-state index in [0.29, 0.717) is 5.95 Å². The number of alkyl halides is 3. The van der Waals surface area contributed by atoms with Gasteiger partial charge in [0, 0.05) is 5.56 Å². The van der Waals surface area contributed by atoms with Gasteiger partial charge in [0.15, 0.2) is 0 Å². The molecule has 4 rings (SSSR count). The molecule has 1 aromatic heterocycles. The molecule has 24 heavy (non-hydrogen) atoms. The van der Waals surface area contributed by atoms with Crippen molar-refractivity contribution in [1.82, 2.24) is 4.98 Å². The Kier molecular flexibility index (Phi) is 3.02. The van der Waals surface area contributed by atoms with Gasteiger partial charge in [-0.1, -0.05) is 30.3 Å². The maximum absolute atomic E-state index is 13.4. The summed E-state index contributed by atoms with van der Waals surface area (Å²) in [6, 6.07) is 12.7. The maximum atomic E-state index is 13.4. The Balaban J connectivity index is 1.99. The number of imidazole rings is 1. The van der Waals surface area contributed by atoms with Gasteiger partial charge in [0.25, 0.3) is 5.96 Å². The van der Waals surface area contributed by atoms with Crippen LogP contribution in [0.5, 0.6) is 0 Å². The van der Waals surface area contributed by atoms with E-state index in [0.717, 1.165) is 17.1 Å². The smallest absolute Gasteiger partial charge is 0.357 e. The zero-order valence-electron chi connectivity index (χ0n) is 12.3. The van der Waals surface area contributed by atoms with E-state index in [1.807, 2.05) is 24.3 Å². The Bertz CT molecular complexity index is 958. The van der Waals surface area contributed by atoms with Gasteiger partial charge in [-0.15, -0.1) is 0 Å². The van der Waals surface area contributed by atoms with Gasteiger partial charge in [0.1, 0.15) is 11.0 Å². The highest BCUT2D eigenvalue weighted by Gasteiger charge is 2.39. The Labute approximate surface area is 134 Å². The molecule has 0 saturated heterocycles. The molecule has 0 aliphatic carbocycles. The second-order valence-corrected chi connectivity index (χ2v) is 5.46. The van der Waals surface area contributed by atoms with E-state index in [1.165, 1.54) is 12.1 Å². The molecule has 0 bridgehead atoms. The van der Waals surface area contributed by atoms with Gasteiger partial charge in [0.2, 0.25) is 6.17 Å². The van der Waals surface area contributed by atoms with Crippen LogP contribution in [0.4, 0.5) is 19.1 Å². The summed E-state index contributed by atoms with van der Waals surface area (Å²) < 4.78 is 41.9. The van der Waals surface area contributed by atoms with Gasteiger partial charge in [-0.05, 0) is 18.2 Å². The second kappa shape index (κ2) is 4.98. The number of hydrogen-bond donors (Lipinski definition) is 3. The summed E-state index contributed by atoms with van der Waals surface area (Å²) in [5, 5.41) is 2.86. The van der Waals surface area contributed by atoms with Crippen LogP contribution in [-0.2, 0) is 6.18 Å². The van der Waals surface area contributed by atoms with Crippen LogP contribution in [0, 0.1) is 0 Å². The maximum Gasteiger partial charge on any atom is 0.416 e. The van der Waals surface area contributed by atoms with Gasteiger partial charge < -0.3 is 5.73 Å². The van der Waals surface area contributed by atoms with Crippen LogP contribution in [0.2, 0.25) is 0 Å². The van der Waals surface area contributed by atoms with Crippen LogP contribution in [0.3, 0.4) is 0 Å². The lowest BCUT2D eigenvalue weighted by molar-refractivity contribution is -0.674. The minimum absolute atomic E-state index is 0.0467. The predicted molar refractivity (Wildman–Crippen MR) is 83.3 cm³/mol. The summed E-state index contributed by atoms with van der Waals surface area (Å²) in [5.74, 6) is 0.550. The van der Waals surface area contributed by atoms with Gasteiger partial charge >= 0.3 is 12.1 Å². The first-order valence-electron chi connectivity index (χ1n) is 7.24. The number of nitrogens with two attached hydrogens (primary N) is 1. The van der Waals surface area contributed by atoms with Crippen LogP contribution in [0.15, 0.2) is 53.5 Å². The number of guanidine groups is 1. The van der Waals surface area contributed by atoms with Crippen LogP contribution in [-0.4, -0.2) is 10.9 Å². The summed E-state index contributed by atoms with van der Waals surface area (Å²) in [6.45, 7) is 0. The highest BCUT2D eigenvalue weighted by molar-refractivity contribution is 5.92. The molecular formula is C16H13F3N5+. The monoisotopic (exact) mass is 332 g/mol. The molecule has 122 valence electrons. The standard InChI is InChI=1S/C16H12F3N5/c17-16(18,19)10-6-2-1-5-9(10)13-22-14(20)23-15-21-11-7-3-4-8-12(11)24(13)15/h1-8,13H,(H3,20,21,22,23)/p+1/t13-/m0/s1. The molecule has 0 saturated carbocycles. The van der Waals surface area contributed by atoms with Crippen molar-refractivity contribution in [3.8, 4) is 0 Å². The quantitative estimate of drug-likeness (QED) is 0.600. The number of aliphatic imine (C=N–C) groups is 1. The topological polar surface area (TPSA) is 70.1 Å². The zero-order chi connectivity index (χ0) is 16.9. The first-order valence-corrected chi connectivity index (χ1v) is 7.24. The van der Waals surface area contributed by atoms with Crippen LogP contribution < -0.4 is 15.6 Å². The van der Waals surface area contributed by atoms with E-state index in [4.69, 9.17) is 5.73 Å². The number of halogens is 3. The molecule has 2 aromatic carbocycles. The number of benzene rings is 2. The fraction of sp³-hybridized carbons (Fsp3) is 0.125. The highest BCUT2D eigenvalue weighted by atomic mass is 19.4. The van der Waals surface area contributed by atoms with Crippen molar-refractivity contribution in [3.05, 3.63) is 59.7 Å². The van der Waals surface area contributed by atoms with Crippen molar-refractivity contribution < 1.29 is 17.7 Å². The third-order valence-electron chi connectivity index (χ3n) is 3.95. The predicted octanol–water partition coefficient (Wildman–Crippen LogP) is 2.76. The van der Waals surface area contributed by atoms with E-state index < -0.39 is 17.9 Å². The number of para-hydroxylation sites is 2. The number of aromatic amines is 1. The van der Waals surface area contributed by atoms with E-state index in [9.17, 15) is 13.2 Å². The van der Waals surface area contributed by atoms with Crippen molar-refractivity contribution >= 4 is 22.9 Å². The lowest BCUT2D eigenvalue weighted by atomic mass is 10.0. The molecule has 0 unspecified atom stereocenters. The molecule has 5 nitrogen and oxygen atoms in total. The van der Waals surface area contributed by atoms with Crippen molar-refractivity contribution in [2.24, 2.45) is 10.7 Å². The van der Waals surface area contributed by atoms with Gasteiger partial charge in [-0.3, -0.25) is 0 Å². The van der Waals surface area contributed by atoms with Crippen LogP contribution in [0.25, 0.3) is 11.0 Å². The summed E-state index contributed by atoms with van der Waals surface area (Å²) in [5.41, 5.74) is 6.62. The fourth-order valence-corrected chi connectivity index (χ4v) is 2.98. The lowest BCUT2D eigenvalue weighted by Crippen LogP contribution is -2.48. The molecule has 1 atom stereocenters. The molecule has 4 N–H and O–H groups in total. The highest BCUT2D eigenvalue weighted by Crippen LogP contribution is 2.36. The Morgan fingerprint density at radius 3 is 2.54 bits per heavy atom. The molecule has 8 heteroatoms. The van der Waals surface area contributed by atoms with E-state index in [-0.39, 0.29) is 11.5 Å². The van der Waals surface area contributed by atoms with E-state index >= 15 is 0 Å².